The lowest BCUT2D eigenvalue weighted by molar-refractivity contribution is 0.451. The maximum atomic E-state index is 5.99. The van der Waals surface area contributed by atoms with Crippen LogP contribution >= 0.6 is 22.9 Å². The lowest BCUT2D eigenvalue weighted by Gasteiger charge is -2.20. The molecule has 9 heteroatoms. The Morgan fingerprint density at radius 2 is 2.27 bits per heavy atom. The quantitative estimate of drug-likeness (QED) is 0.394. The van der Waals surface area contributed by atoms with Crippen molar-refractivity contribution < 1.29 is 4.42 Å². The first kappa shape index (κ1) is 18.1. The highest BCUT2D eigenvalue weighted by molar-refractivity contribution is 7.19. The van der Waals surface area contributed by atoms with Crippen LogP contribution in [0.3, 0.4) is 0 Å². The summed E-state index contributed by atoms with van der Waals surface area (Å²) in [7, 11) is 0. The minimum absolute atomic E-state index is 0.503. The van der Waals surface area contributed by atoms with Crippen LogP contribution in [0.15, 0.2) is 35.3 Å². The number of fused-ring (bicyclic) bond motifs is 5. The van der Waals surface area contributed by atoms with E-state index in [0.29, 0.717) is 23.2 Å². The minimum Gasteiger partial charge on any atom is -0.456 e. The van der Waals surface area contributed by atoms with Crippen molar-refractivity contribution in [2.24, 2.45) is 5.92 Å². The normalized spacial score (nSPS) is 16.5. The van der Waals surface area contributed by atoms with Crippen LogP contribution in [0.5, 0.6) is 0 Å². The minimum atomic E-state index is 0.503. The van der Waals surface area contributed by atoms with Crippen LogP contribution in [-0.4, -0.2) is 29.4 Å². The summed E-state index contributed by atoms with van der Waals surface area (Å²) < 4.78 is 9.49. The molecule has 0 aromatic carbocycles. The fourth-order valence-corrected chi connectivity index (χ4v) is 5.72. The standard InChI is InChI=1S/C21H19ClN6OS/c1-2-12-3-5-15-17(7-12)30-21-18(15)20-25-19(26-28(20)11-23-21)16-6-4-14(29-16)10-27-9-13(22)8-24-27/h4,6,8-9,11-12H,2-3,5,7,10H2,1H3. The first-order chi connectivity index (χ1) is 14.7. The zero-order valence-corrected chi connectivity index (χ0v) is 17.9. The summed E-state index contributed by atoms with van der Waals surface area (Å²) in [5.41, 5.74) is 2.27. The van der Waals surface area contributed by atoms with Crippen molar-refractivity contribution in [3.63, 3.8) is 0 Å². The van der Waals surface area contributed by atoms with Gasteiger partial charge in [-0.2, -0.15) is 5.10 Å². The number of hydrogen-bond donors (Lipinski definition) is 0. The van der Waals surface area contributed by atoms with Gasteiger partial charge in [-0.05, 0) is 42.9 Å². The van der Waals surface area contributed by atoms with Crippen molar-refractivity contribution >= 4 is 38.8 Å². The first-order valence-corrected chi connectivity index (χ1v) is 11.3. The molecule has 0 radical (unpaired) electrons. The number of halogens is 1. The Labute approximate surface area is 181 Å². The maximum absolute atomic E-state index is 5.99. The van der Waals surface area contributed by atoms with Crippen LogP contribution in [-0.2, 0) is 19.4 Å². The Balaban J connectivity index is 1.39. The molecule has 0 fully saturated rings. The molecule has 0 saturated carbocycles. The molecule has 1 aliphatic carbocycles. The fraction of sp³-hybridized carbons (Fsp3) is 0.333. The molecule has 5 aromatic rings. The second kappa shape index (κ2) is 6.92. The van der Waals surface area contributed by atoms with E-state index in [9.17, 15) is 0 Å². The summed E-state index contributed by atoms with van der Waals surface area (Å²) >= 11 is 7.75. The third-order valence-electron chi connectivity index (χ3n) is 5.87. The van der Waals surface area contributed by atoms with Gasteiger partial charge in [-0.1, -0.05) is 24.9 Å². The highest BCUT2D eigenvalue weighted by Gasteiger charge is 2.25. The summed E-state index contributed by atoms with van der Waals surface area (Å²) in [6, 6.07) is 3.82. The fourth-order valence-electron chi connectivity index (χ4n) is 4.26. The predicted molar refractivity (Wildman–Crippen MR) is 116 cm³/mol. The Morgan fingerprint density at radius 3 is 3.10 bits per heavy atom. The first-order valence-electron chi connectivity index (χ1n) is 10.1. The number of furan rings is 1. The molecule has 5 heterocycles. The number of hydrogen-bond acceptors (Lipinski definition) is 6. The molecular weight excluding hydrogens is 420 g/mol. The number of aryl methyl sites for hydroxylation is 1. The number of nitrogens with zero attached hydrogens (tertiary/aromatic N) is 6. The Hall–Kier alpha value is -2.71. The summed E-state index contributed by atoms with van der Waals surface area (Å²) in [5.74, 6) is 2.75. The topological polar surface area (TPSA) is 74.0 Å². The maximum Gasteiger partial charge on any atom is 0.217 e. The summed E-state index contributed by atoms with van der Waals surface area (Å²) in [5, 5.41) is 10.6. The van der Waals surface area contributed by atoms with Crippen molar-refractivity contribution in [3.8, 4) is 11.6 Å². The molecule has 30 heavy (non-hydrogen) atoms. The molecule has 0 aliphatic heterocycles. The molecule has 1 atom stereocenters. The van der Waals surface area contributed by atoms with Crippen LogP contribution < -0.4 is 0 Å². The highest BCUT2D eigenvalue weighted by atomic mass is 35.5. The Bertz CT molecular complexity index is 1380. The molecular formula is C21H19ClN6OS. The third kappa shape index (κ3) is 2.94. The highest BCUT2D eigenvalue weighted by Crippen LogP contribution is 2.39. The van der Waals surface area contributed by atoms with Crippen LogP contribution in [0.1, 0.15) is 36.0 Å². The lowest BCUT2D eigenvalue weighted by atomic mass is 9.86. The van der Waals surface area contributed by atoms with Crippen molar-refractivity contribution in [2.45, 2.75) is 39.2 Å². The van der Waals surface area contributed by atoms with E-state index < -0.39 is 0 Å². The SMILES string of the molecule is CCC1CCc2c(sc3ncn4nc(-c5ccc(Cn6cc(Cl)cn6)o5)nc4c23)C1. The zero-order valence-electron chi connectivity index (χ0n) is 16.4. The van der Waals surface area contributed by atoms with Crippen molar-refractivity contribution in [1.29, 1.82) is 0 Å². The number of rotatable bonds is 4. The average molecular weight is 439 g/mol. The van der Waals surface area contributed by atoms with Gasteiger partial charge in [0.15, 0.2) is 11.4 Å². The molecule has 6 rings (SSSR count). The molecule has 5 aromatic heterocycles. The van der Waals surface area contributed by atoms with Gasteiger partial charge < -0.3 is 4.42 Å². The van der Waals surface area contributed by atoms with Gasteiger partial charge in [-0.3, -0.25) is 4.68 Å². The Morgan fingerprint density at radius 1 is 1.33 bits per heavy atom. The van der Waals surface area contributed by atoms with Gasteiger partial charge in [-0.25, -0.2) is 14.5 Å². The molecule has 1 unspecified atom stereocenters. The molecule has 7 nitrogen and oxygen atoms in total. The molecule has 1 aliphatic rings. The monoisotopic (exact) mass is 438 g/mol. The van der Waals surface area contributed by atoms with Crippen LogP contribution in [0.2, 0.25) is 5.02 Å². The van der Waals surface area contributed by atoms with Gasteiger partial charge in [0, 0.05) is 11.1 Å². The van der Waals surface area contributed by atoms with Gasteiger partial charge >= 0.3 is 0 Å². The summed E-state index contributed by atoms with van der Waals surface area (Å²) in [6.07, 6.45) is 9.83. The average Bonchev–Trinajstić information content (AvgIpc) is 3.51. The van der Waals surface area contributed by atoms with E-state index in [1.807, 2.05) is 23.5 Å². The van der Waals surface area contributed by atoms with Gasteiger partial charge in [0.25, 0.3) is 0 Å². The summed E-state index contributed by atoms with van der Waals surface area (Å²) in [4.78, 5) is 12.0. The molecule has 0 N–H and O–H groups in total. The molecule has 0 amide bonds. The zero-order chi connectivity index (χ0) is 20.2. The van der Waals surface area contributed by atoms with E-state index >= 15 is 0 Å². The molecule has 152 valence electrons. The third-order valence-corrected chi connectivity index (χ3v) is 7.22. The van der Waals surface area contributed by atoms with Crippen molar-refractivity contribution in [2.75, 3.05) is 0 Å². The van der Waals surface area contributed by atoms with E-state index in [1.165, 1.54) is 23.3 Å². The number of aromatic nitrogens is 6. The number of thiophene rings is 1. The smallest absolute Gasteiger partial charge is 0.217 e. The predicted octanol–water partition coefficient (Wildman–Crippen LogP) is 5.01. The van der Waals surface area contributed by atoms with Crippen molar-refractivity contribution in [3.05, 3.63) is 52.1 Å². The van der Waals surface area contributed by atoms with Crippen molar-refractivity contribution in [1.82, 2.24) is 29.4 Å². The lowest BCUT2D eigenvalue weighted by Crippen LogP contribution is -2.11. The van der Waals surface area contributed by atoms with Gasteiger partial charge in [-0.15, -0.1) is 16.4 Å². The van der Waals surface area contributed by atoms with Crippen LogP contribution in [0.4, 0.5) is 0 Å². The van der Waals surface area contributed by atoms with Crippen LogP contribution in [0, 0.1) is 5.92 Å². The van der Waals surface area contributed by atoms with Gasteiger partial charge in [0.2, 0.25) is 5.82 Å². The summed E-state index contributed by atoms with van der Waals surface area (Å²) in [6.45, 7) is 2.78. The van der Waals surface area contributed by atoms with Gasteiger partial charge in [0.1, 0.15) is 16.9 Å². The molecule has 0 saturated heterocycles. The largest absolute Gasteiger partial charge is 0.456 e. The Kier molecular flexibility index (Phi) is 4.17. The second-order valence-electron chi connectivity index (χ2n) is 7.77. The van der Waals surface area contributed by atoms with E-state index in [0.717, 1.165) is 40.4 Å². The molecule has 0 bridgehead atoms. The second-order valence-corrected chi connectivity index (χ2v) is 9.29. The molecule has 0 spiro atoms. The van der Waals surface area contributed by atoms with E-state index in [1.54, 1.807) is 27.9 Å². The van der Waals surface area contributed by atoms with E-state index in [4.69, 9.17) is 21.0 Å². The van der Waals surface area contributed by atoms with E-state index in [-0.39, 0.29) is 0 Å². The van der Waals surface area contributed by atoms with E-state index in [2.05, 4.69) is 22.1 Å². The van der Waals surface area contributed by atoms with Gasteiger partial charge in [0.05, 0.1) is 23.2 Å². The van der Waals surface area contributed by atoms with Crippen LogP contribution in [0.25, 0.3) is 27.4 Å².